The highest BCUT2D eigenvalue weighted by molar-refractivity contribution is 4.89. The van der Waals surface area contributed by atoms with Crippen LogP contribution in [0, 0.1) is 5.92 Å². The van der Waals surface area contributed by atoms with Gasteiger partial charge in [-0.2, -0.15) is 0 Å². The molecule has 1 unspecified atom stereocenters. The van der Waals surface area contributed by atoms with E-state index in [1.165, 1.54) is 38.6 Å². The standard InChI is InChI=1S/C16H34N2O/c1-5-10-17-16(14-8-9-14)13-18(11-12-19-4)15(6-2)7-3/h14-17H,5-13H2,1-4H3. The molecule has 1 fully saturated rings. The van der Waals surface area contributed by atoms with Gasteiger partial charge in [0.2, 0.25) is 0 Å². The minimum absolute atomic E-state index is 0.692. The number of nitrogens with zero attached hydrogens (tertiary/aromatic N) is 1. The fourth-order valence-corrected chi connectivity index (χ4v) is 2.90. The van der Waals surface area contributed by atoms with Crippen molar-refractivity contribution >= 4 is 0 Å². The Morgan fingerprint density at radius 3 is 2.37 bits per heavy atom. The van der Waals surface area contributed by atoms with Crippen molar-refractivity contribution in [3.63, 3.8) is 0 Å². The van der Waals surface area contributed by atoms with Crippen LogP contribution in [0.15, 0.2) is 0 Å². The Labute approximate surface area is 120 Å². The van der Waals surface area contributed by atoms with Crippen molar-refractivity contribution in [2.75, 3.05) is 33.4 Å². The molecule has 0 spiro atoms. The van der Waals surface area contributed by atoms with Crippen LogP contribution in [0.25, 0.3) is 0 Å². The first-order valence-corrected chi connectivity index (χ1v) is 8.23. The average molecular weight is 270 g/mol. The zero-order valence-electron chi connectivity index (χ0n) is 13.5. The Hall–Kier alpha value is -0.120. The summed E-state index contributed by atoms with van der Waals surface area (Å²) in [7, 11) is 1.80. The third kappa shape index (κ3) is 6.24. The van der Waals surface area contributed by atoms with Crippen molar-refractivity contribution in [1.82, 2.24) is 10.2 Å². The molecule has 1 rings (SSSR count). The molecule has 3 heteroatoms. The zero-order valence-corrected chi connectivity index (χ0v) is 13.5. The maximum Gasteiger partial charge on any atom is 0.0589 e. The molecule has 0 heterocycles. The molecular weight excluding hydrogens is 236 g/mol. The van der Waals surface area contributed by atoms with Crippen molar-refractivity contribution in [3.05, 3.63) is 0 Å². The van der Waals surface area contributed by atoms with E-state index < -0.39 is 0 Å². The predicted octanol–water partition coefficient (Wildman–Crippen LogP) is 2.90. The number of hydrogen-bond acceptors (Lipinski definition) is 3. The van der Waals surface area contributed by atoms with E-state index in [0.29, 0.717) is 12.1 Å². The third-order valence-electron chi connectivity index (χ3n) is 4.32. The average Bonchev–Trinajstić information content (AvgIpc) is 3.25. The van der Waals surface area contributed by atoms with E-state index in [4.69, 9.17) is 4.74 Å². The summed E-state index contributed by atoms with van der Waals surface area (Å²) in [4.78, 5) is 2.65. The Bertz CT molecular complexity index is 215. The first-order valence-electron chi connectivity index (χ1n) is 8.23. The molecule has 0 amide bonds. The molecule has 1 atom stereocenters. The summed E-state index contributed by atoms with van der Waals surface area (Å²) in [6.07, 6.45) is 6.55. The fourth-order valence-electron chi connectivity index (χ4n) is 2.90. The van der Waals surface area contributed by atoms with Crippen LogP contribution < -0.4 is 5.32 Å². The SMILES string of the molecule is CCCNC(CN(CCOC)C(CC)CC)C1CC1. The quantitative estimate of drug-likeness (QED) is 0.590. The Morgan fingerprint density at radius 1 is 1.21 bits per heavy atom. The summed E-state index contributed by atoms with van der Waals surface area (Å²) in [5.41, 5.74) is 0. The molecule has 1 aliphatic rings. The van der Waals surface area contributed by atoms with E-state index in [2.05, 4.69) is 31.0 Å². The Morgan fingerprint density at radius 2 is 1.89 bits per heavy atom. The van der Waals surface area contributed by atoms with E-state index in [1.54, 1.807) is 7.11 Å². The normalized spacial score (nSPS) is 17.4. The number of methoxy groups -OCH3 is 1. The summed E-state index contributed by atoms with van der Waals surface area (Å²) in [5, 5.41) is 3.76. The number of ether oxygens (including phenoxy) is 1. The van der Waals surface area contributed by atoms with Crippen LogP contribution in [0.5, 0.6) is 0 Å². The molecule has 1 aliphatic carbocycles. The van der Waals surface area contributed by atoms with Crippen LogP contribution in [0.2, 0.25) is 0 Å². The van der Waals surface area contributed by atoms with E-state index in [1.807, 2.05) is 0 Å². The molecule has 0 aliphatic heterocycles. The highest BCUT2D eigenvalue weighted by Crippen LogP contribution is 2.33. The minimum atomic E-state index is 0.692. The van der Waals surface area contributed by atoms with Gasteiger partial charge in [0.1, 0.15) is 0 Å². The first kappa shape index (κ1) is 16.9. The van der Waals surface area contributed by atoms with Crippen molar-refractivity contribution in [2.45, 2.75) is 65.0 Å². The molecule has 0 aromatic carbocycles. The molecule has 0 saturated heterocycles. The lowest BCUT2D eigenvalue weighted by atomic mass is 10.1. The van der Waals surface area contributed by atoms with Gasteiger partial charge < -0.3 is 10.1 Å². The van der Waals surface area contributed by atoms with Crippen molar-refractivity contribution in [2.24, 2.45) is 5.92 Å². The van der Waals surface area contributed by atoms with Crippen LogP contribution >= 0.6 is 0 Å². The van der Waals surface area contributed by atoms with E-state index in [-0.39, 0.29) is 0 Å². The highest BCUT2D eigenvalue weighted by Gasteiger charge is 2.32. The number of rotatable bonds is 12. The molecule has 0 bridgehead atoms. The highest BCUT2D eigenvalue weighted by atomic mass is 16.5. The maximum absolute atomic E-state index is 5.29. The van der Waals surface area contributed by atoms with Crippen LogP contribution in [0.3, 0.4) is 0 Å². The van der Waals surface area contributed by atoms with Crippen LogP contribution in [0.4, 0.5) is 0 Å². The third-order valence-corrected chi connectivity index (χ3v) is 4.32. The van der Waals surface area contributed by atoms with Crippen molar-refractivity contribution in [1.29, 1.82) is 0 Å². The summed E-state index contributed by atoms with van der Waals surface area (Å²) in [6.45, 7) is 11.1. The maximum atomic E-state index is 5.29. The second-order valence-electron chi connectivity index (χ2n) is 5.86. The molecule has 0 radical (unpaired) electrons. The van der Waals surface area contributed by atoms with Gasteiger partial charge in [0.25, 0.3) is 0 Å². The summed E-state index contributed by atoms with van der Waals surface area (Å²) < 4.78 is 5.29. The molecule has 0 aromatic heterocycles. The molecule has 1 saturated carbocycles. The second-order valence-corrected chi connectivity index (χ2v) is 5.86. The smallest absolute Gasteiger partial charge is 0.0589 e. The molecule has 1 N–H and O–H groups in total. The monoisotopic (exact) mass is 270 g/mol. The van der Waals surface area contributed by atoms with Crippen LogP contribution in [-0.2, 0) is 4.74 Å². The van der Waals surface area contributed by atoms with Gasteiger partial charge in [-0.3, -0.25) is 4.90 Å². The molecule has 19 heavy (non-hydrogen) atoms. The minimum Gasteiger partial charge on any atom is -0.383 e. The zero-order chi connectivity index (χ0) is 14.1. The van der Waals surface area contributed by atoms with Gasteiger partial charge in [0.05, 0.1) is 6.61 Å². The van der Waals surface area contributed by atoms with Gasteiger partial charge in [-0.15, -0.1) is 0 Å². The number of hydrogen-bond donors (Lipinski definition) is 1. The first-order chi connectivity index (χ1) is 9.26. The Kier molecular flexibility index (Phi) is 8.67. The van der Waals surface area contributed by atoms with Crippen LogP contribution in [0.1, 0.15) is 52.9 Å². The van der Waals surface area contributed by atoms with Gasteiger partial charge in [-0.25, -0.2) is 0 Å². The summed E-state index contributed by atoms with van der Waals surface area (Å²) in [6, 6.07) is 1.40. The van der Waals surface area contributed by atoms with Crippen molar-refractivity contribution < 1.29 is 4.74 Å². The predicted molar refractivity (Wildman–Crippen MR) is 82.6 cm³/mol. The second kappa shape index (κ2) is 9.73. The Balaban J connectivity index is 2.50. The number of nitrogens with one attached hydrogen (secondary N) is 1. The van der Waals surface area contributed by atoms with Crippen molar-refractivity contribution in [3.8, 4) is 0 Å². The lowest BCUT2D eigenvalue weighted by molar-refractivity contribution is 0.104. The van der Waals surface area contributed by atoms with Gasteiger partial charge in [-0.1, -0.05) is 20.8 Å². The fraction of sp³-hybridized carbons (Fsp3) is 1.00. The van der Waals surface area contributed by atoms with Crippen LogP contribution in [-0.4, -0.2) is 50.3 Å². The molecule has 0 aromatic rings. The molecule has 3 nitrogen and oxygen atoms in total. The van der Waals surface area contributed by atoms with Gasteiger partial charge >= 0.3 is 0 Å². The lowest BCUT2D eigenvalue weighted by Gasteiger charge is -2.34. The van der Waals surface area contributed by atoms with Gasteiger partial charge in [-0.05, 0) is 44.6 Å². The summed E-state index contributed by atoms with van der Waals surface area (Å²) in [5.74, 6) is 0.922. The molecule has 114 valence electrons. The van der Waals surface area contributed by atoms with E-state index in [0.717, 1.165) is 25.6 Å². The van der Waals surface area contributed by atoms with E-state index >= 15 is 0 Å². The molecular formula is C16H34N2O. The summed E-state index contributed by atoms with van der Waals surface area (Å²) >= 11 is 0. The van der Waals surface area contributed by atoms with Gasteiger partial charge in [0.15, 0.2) is 0 Å². The topological polar surface area (TPSA) is 24.5 Å². The largest absolute Gasteiger partial charge is 0.383 e. The van der Waals surface area contributed by atoms with E-state index in [9.17, 15) is 0 Å². The lowest BCUT2D eigenvalue weighted by Crippen LogP contribution is -2.47. The van der Waals surface area contributed by atoms with Gasteiger partial charge in [0, 0.05) is 32.3 Å².